The number of benzene rings is 2. The van der Waals surface area contributed by atoms with E-state index < -0.39 is 0 Å². The van der Waals surface area contributed by atoms with Crippen molar-refractivity contribution in [2.45, 2.75) is 31.3 Å². The Labute approximate surface area is 175 Å². The Morgan fingerprint density at radius 1 is 1.07 bits per heavy atom. The first-order valence-electron chi connectivity index (χ1n) is 9.77. The molecule has 1 fully saturated rings. The number of anilines is 1. The molecule has 5 rings (SSSR count). The third-order valence-corrected chi connectivity index (χ3v) is 6.25. The van der Waals surface area contributed by atoms with Crippen molar-refractivity contribution in [2.75, 3.05) is 5.32 Å². The Bertz CT molecular complexity index is 1190. The number of thiazole rings is 1. The van der Waals surface area contributed by atoms with Gasteiger partial charge in [-0.15, -0.1) is 0 Å². The lowest BCUT2D eigenvalue weighted by molar-refractivity contribution is 0.0935. The minimum Gasteiger partial charge on any atom is -0.357 e. The van der Waals surface area contributed by atoms with E-state index in [-0.39, 0.29) is 23.8 Å². The first-order chi connectivity index (χ1) is 14.7. The highest BCUT2D eigenvalue weighted by molar-refractivity contribution is 7.22. The number of halogens is 1. The molecule has 2 atom stereocenters. The summed E-state index contributed by atoms with van der Waals surface area (Å²) in [6.07, 6.45) is 5.92. The molecular weight excluding hydrogens is 403 g/mol. The standard InChI is InChI=1S/C21H19FN6OS/c22-14-6-3-10-18-19(14)27-21(30-18)26-16-8-4-7-15(16)25-20(29)13-5-1-2-9-17(13)28-23-11-12-24-28/h1-3,5-6,9-12,15-16H,4,7-8H2,(H,25,29)(H,26,27)/t15-,16+/m1/s1. The van der Waals surface area contributed by atoms with E-state index in [1.165, 1.54) is 22.2 Å². The van der Waals surface area contributed by atoms with Gasteiger partial charge in [0.1, 0.15) is 11.3 Å². The van der Waals surface area contributed by atoms with Crippen molar-refractivity contribution in [3.8, 4) is 5.69 Å². The Hall–Kier alpha value is -3.33. The Balaban J connectivity index is 1.33. The summed E-state index contributed by atoms with van der Waals surface area (Å²) in [5.41, 5.74) is 1.52. The summed E-state index contributed by atoms with van der Waals surface area (Å²) in [4.78, 5) is 18.9. The van der Waals surface area contributed by atoms with E-state index in [0.717, 1.165) is 24.0 Å². The maximum atomic E-state index is 14.0. The highest BCUT2D eigenvalue weighted by Crippen LogP contribution is 2.30. The summed E-state index contributed by atoms with van der Waals surface area (Å²) in [5.74, 6) is -0.492. The van der Waals surface area contributed by atoms with Crippen molar-refractivity contribution in [1.82, 2.24) is 25.3 Å². The molecule has 0 saturated heterocycles. The summed E-state index contributed by atoms with van der Waals surface area (Å²) in [6, 6.07) is 12.2. The molecule has 2 heterocycles. The average Bonchev–Trinajstić information content (AvgIpc) is 3.50. The smallest absolute Gasteiger partial charge is 0.253 e. The van der Waals surface area contributed by atoms with Gasteiger partial charge in [0.2, 0.25) is 0 Å². The molecule has 30 heavy (non-hydrogen) atoms. The van der Waals surface area contributed by atoms with E-state index in [1.807, 2.05) is 24.3 Å². The van der Waals surface area contributed by atoms with Gasteiger partial charge in [-0.2, -0.15) is 15.0 Å². The minimum atomic E-state index is -0.322. The van der Waals surface area contributed by atoms with Gasteiger partial charge in [0, 0.05) is 12.1 Å². The van der Waals surface area contributed by atoms with Gasteiger partial charge in [-0.05, 0) is 43.5 Å². The Morgan fingerprint density at radius 2 is 1.87 bits per heavy atom. The number of hydrogen-bond acceptors (Lipinski definition) is 6. The number of fused-ring (bicyclic) bond motifs is 1. The minimum absolute atomic E-state index is 0.0348. The molecule has 2 aromatic heterocycles. The SMILES string of the molecule is O=C(N[C@@H]1CCC[C@@H]1Nc1nc2c(F)cccc2s1)c1ccccc1-n1nccn1. The molecule has 0 spiro atoms. The number of nitrogens with zero attached hydrogens (tertiary/aromatic N) is 4. The molecule has 4 aromatic rings. The third kappa shape index (κ3) is 3.52. The maximum Gasteiger partial charge on any atom is 0.253 e. The van der Waals surface area contributed by atoms with Crippen molar-refractivity contribution in [3.63, 3.8) is 0 Å². The molecule has 0 aliphatic heterocycles. The van der Waals surface area contributed by atoms with Crippen LogP contribution in [0.15, 0.2) is 54.9 Å². The number of para-hydroxylation sites is 2. The van der Waals surface area contributed by atoms with Gasteiger partial charge in [-0.1, -0.05) is 29.5 Å². The van der Waals surface area contributed by atoms with Crippen LogP contribution in [0.4, 0.5) is 9.52 Å². The molecule has 0 unspecified atom stereocenters. The number of carbonyl (C=O) groups excluding carboxylic acids is 1. The fraction of sp³-hybridized carbons (Fsp3) is 0.238. The van der Waals surface area contributed by atoms with Gasteiger partial charge >= 0.3 is 0 Å². The fourth-order valence-electron chi connectivity index (χ4n) is 3.87. The first kappa shape index (κ1) is 18.7. The molecule has 1 aliphatic rings. The molecule has 1 saturated carbocycles. The Morgan fingerprint density at radius 3 is 2.70 bits per heavy atom. The summed E-state index contributed by atoms with van der Waals surface area (Å²) in [5, 5.41) is 15.5. The monoisotopic (exact) mass is 422 g/mol. The molecule has 1 aliphatic carbocycles. The van der Waals surface area contributed by atoms with Crippen LogP contribution >= 0.6 is 11.3 Å². The quantitative estimate of drug-likeness (QED) is 0.511. The summed E-state index contributed by atoms with van der Waals surface area (Å²) in [6.45, 7) is 0. The van der Waals surface area contributed by atoms with Crippen molar-refractivity contribution in [1.29, 1.82) is 0 Å². The van der Waals surface area contributed by atoms with E-state index in [1.54, 1.807) is 24.5 Å². The number of amides is 1. The van der Waals surface area contributed by atoms with E-state index in [4.69, 9.17) is 0 Å². The summed E-state index contributed by atoms with van der Waals surface area (Å²) < 4.78 is 14.8. The zero-order chi connectivity index (χ0) is 20.5. The molecular formula is C21H19FN6OS. The van der Waals surface area contributed by atoms with Crippen molar-refractivity contribution in [3.05, 3.63) is 66.2 Å². The number of hydrogen-bond donors (Lipinski definition) is 2. The van der Waals surface area contributed by atoms with Crippen LogP contribution in [0.5, 0.6) is 0 Å². The van der Waals surface area contributed by atoms with Crippen molar-refractivity contribution >= 4 is 32.6 Å². The van der Waals surface area contributed by atoms with Crippen LogP contribution in [0.1, 0.15) is 29.6 Å². The predicted octanol–water partition coefficient (Wildman–Crippen LogP) is 3.78. The Kier molecular flexibility index (Phi) is 4.88. The topological polar surface area (TPSA) is 84.7 Å². The number of rotatable bonds is 5. The second-order valence-corrected chi connectivity index (χ2v) is 8.23. The van der Waals surface area contributed by atoms with Gasteiger partial charge in [0.25, 0.3) is 5.91 Å². The summed E-state index contributed by atoms with van der Waals surface area (Å²) >= 11 is 1.42. The van der Waals surface area contributed by atoms with Crippen molar-refractivity contribution in [2.24, 2.45) is 0 Å². The van der Waals surface area contributed by atoms with Gasteiger partial charge in [0.15, 0.2) is 5.13 Å². The average molecular weight is 422 g/mol. The molecule has 7 nitrogen and oxygen atoms in total. The molecule has 2 N–H and O–H groups in total. The van der Waals surface area contributed by atoms with Crippen LogP contribution in [-0.4, -0.2) is 38.0 Å². The van der Waals surface area contributed by atoms with E-state index in [9.17, 15) is 9.18 Å². The van der Waals surface area contributed by atoms with Gasteiger partial charge in [-0.25, -0.2) is 9.37 Å². The van der Waals surface area contributed by atoms with Crippen LogP contribution in [-0.2, 0) is 0 Å². The second kappa shape index (κ2) is 7.83. The third-order valence-electron chi connectivity index (χ3n) is 5.29. The van der Waals surface area contributed by atoms with Crippen LogP contribution in [0.3, 0.4) is 0 Å². The zero-order valence-electron chi connectivity index (χ0n) is 16.0. The van der Waals surface area contributed by atoms with E-state index >= 15 is 0 Å². The van der Waals surface area contributed by atoms with Crippen LogP contribution in [0.2, 0.25) is 0 Å². The first-order valence-corrected chi connectivity index (χ1v) is 10.6. The molecule has 0 radical (unpaired) electrons. The summed E-state index contributed by atoms with van der Waals surface area (Å²) in [7, 11) is 0. The van der Waals surface area contributed by atoms with E-state index in [0.29, 0.717) is 21.9 Å². The highest BCUT2D eigenvalue weighted by Gasteiger charge is 2.30. The number of nitrogens with one attached hydrogen (secondary N) is 2. The fourth-order valence-corrected chi connectivity index (χ4v) is 4.81. The second-order valence-electron chi connectivity index (χ2n) is 7.20. The lowest BCUT2D eigenvalue weighted by atomic mass is 10.1. The normalized spacial score (nSPS) is 18.6. The van der Waals surface area contributed by atoms with Crippen LogP contribution in [0.25, 0.3) is 15.9 Å². The van der Waals surface area contributed by atoms with Crippen LogP contribution in [0, 0.1) is 5.82 Å². The van der Waals surface area contributed by atoms with E-state index in [2.05, 4.69) is 25.8 Å². The van der Waals surface area contributed by atoms with Gasteiger partial charge in [-0.3, -0.25) is 4.79 Å². The number of aromatic nitrogens is 4. The largest absolute Gasteiger partial charge is 0.357 e. The molecule has 2 aromatic carbocycles. The predicted molar refractivity (Wildman–Crippen MR) is 113 cm³/mol. The maximum absolute atomic E-state index is 14.0. The van der Waals surface area contributed by atoms with Gasteiger partial charge in [0.05, 0.1) is 28.3 Å². The lowest BCUT2D eigenvalue weighted by Gasteiger charge is -2.22. The highest BCUT2D eigenvalue weighted by atomic mass is 32.1. The molecule has 152 valence electrons. The zero-order valence-corrected chi connectivity index (χ0v) is 16.8. The number of carbonyl (C=O) groups is 1. The van der Waals surface area contributed by atoms with Gasteiger partial charge < -0.3 is 10.6 Å². The van der Waals surface area contributed by atoms with Crippen molar-refractivity contribution < 1.29 is 9.18 Å². The molecule has 0 bridgehead atoms. The molecule has 9 heteroatoms. The van der Waals surface area contributed by atoms with Crippen LogP contribution < -0.4 is 10.6 Å². The molecule has 1 amide bonds. The lowest BCUT2D eigenvalue weighted by Crippen LogP contribution is -2.43.